The number of esters is 1. The van der Waals surface area contributed by atoms with Crippen LogP contribution >= 0.6 is 23.1 Å². The highest BCUT2D eigenvalue weighted by molar-refractivity contribution is 7.98. The van der Waals surface area contributed by atoms with Crippen molar-refractivity contribution in [2.75, 3.05) is 20.4 Å². The Morgan fingerprint density at radius 1 is 1.26 bits per heavy atom. The lowest BCUT2D eigenvalue weighted by molar-refractivity contribution is 0.0602. The maximum absolute atomic E-state index is 12.7. The number of hydrogen-bond donors (Lipinski definition) is 0. The molecule has 0 aliphatic heterocycles. The van der Waals surface area contributed by atoms with E-state index in [0.717, 1.165) is 21.8 Å². The molecule has 124 valence electrons. The van der Waals surface area contributed by atoms with E-state index in [1.54, 1.807) is 17.1 Å². The Bertz CT molecular complexity index is 781. The smallest absolute Gasteiger partial charge is 0.349 e. The van der Waals surface area contributed by atoms with Crippen molar-refractivity contribution in [2.45, 2.75) is 16.3 Å². The summed E-state index contributed by atoms with van der Waals surface area (Å²) in [4.78, 5) is 12.9. The molecule has 0 N–H and O–H groups in total. The van der Waals surface area contributed by atoms with Gasteiger partial charge in [0.25, 0.3) is 0 Å². The summed E-state index contributed by atoms with van der Waals surface area (Å²) in [5.74, 6) is -0.642. The minimum absolute atomic E-state index is 0.0161. The van der Waals surface area contributed by atoms with Gasteiger partial charge in [-0.3, -0.25) is 0 Å². The summed E-state index contributed by atoms with van der Waals surface area (Å²) in [6, 6.07) is 9.12. The van der Waals surface area contributed by atoms with Gasteiger partial charge < -0.3 is 4.74 Å². The Hall–Kier alpha value is -1.35. The van der Waals surface area contributed by atoms with Gasteiger partial charge in [0.15, 0.2) is 0 Å². The summed E-state index contributed by atoms with van der Waals surface area (Å²) >= 11 is 2.68. The van der Waals surface area contributed by atoms with Crippen LogP contribution in [0.2, 0.25) is 0 Å². The topological polar surface area (TPSA) is 63.7 Å². The van der Waals surface area contributed by atoms with E-state index in [4.69, 9.17) is 0 Å². The lowest BCUT2D eigenvalue weighted by Crippen LogP contribution is -2.27. The van der Waals surface area contributed by atoms with Crippen molar-refractivity contribution in [1.82, 2.24) is 4.31 Å². The lowest BCUT2D eigenvalue weighted by Gasteiger charge is -2.17. The van der Waals surface area contributed by atoms with Crippen LogP contribution in [0.3, 0.4) is 0 Å². The molecule has 0 spiro atoms. The molecule has 2 rings (SSSR count). The molecule has 8 heteroatoms. The molecule has 1 aromatic carbocycles. The standard InChI is InChI=1S/C15H17NO4S3/c1-16(10-11-4-6-12(21-3)7-5-11)23(18,19)13-8-9-22-14(13)15(17)20-2/h4-9H,10H2,1-3H3. The molecule has 0 amide bonds. The zero-order chi connectivity index (χ0) is 17.0. The Morgan fingerprint density at radius 3 is 2.48 bits per heavy atom. The number of rotatable bonds is 6. The number of hydrogen-bond acceptors (Lipinski definition) is 6. The minimum Gasteiger partial charge on any atom is -0.465 e. The highest BCUT2D eigenvalue weighted by Crippen LogP contribution is 2.26. The second kappa shape index (κ2) is 7.48. The summed E-state index contributed by atoms with van der Waals surface area (Å²) in [5, 5.41) is 1.57. The van der Waals surface area contributed by atoms with Crippen molar-refractivity contribution in [1.29, 1.82) is 0 Å². The number of sulfonamides is 1. The van der Waals surface area contributed by atoms with E-state index < -0.39 is 16.0 Å². The first-order valence-corrected chi connectivity index (χ1v) is 10.2. The summed E-state index contributed by atoms with van der Waals surface area (Å²) in [6.45, 7) is 0.230. The molecule has 2 aromatic rings. The second-order valence-electron chi connectivity index (χ2n) is 4.71. The first kappa shape index (κ1) is 18.0. The van der Waals surface area contributed by atoms with Crippen molar-refractivity contribution < 1.29 is 17.9 Å². The van der Waals surface area contributed by atoms with Gasteiger partial charge in [-0.1, -0.05) is 12.1 Å². The number of thioether (sulfide) groups is 1. The molecular formula is C15H17NO4S3. The molecule has 0 fully saturated rings. The molecule has 1 heterocycles. The van der Waals surface area contributed by atoms with E-state index in [1.165, 1.54) is 24.5 Å². The summed E-state index contributed by atoms with van der Waals surface area (Å²) in [5.41, 5.74) is 0.878. The van der Waals surface area contributed by atoms with Crippen molar-refractivity contribution in [2.24, 2.45) is 0 Å². The van der Waals surface area contributed by atoms with Crippen molar-refractivity contribution >= 4 is 39.1 Å². The van der Waals surface area contributed by atoms with E-state index in [0.29, 0.717) is 0 Å². The lowest BCUT2D eigenvalue weighted by atomic mass is 10.2. The third-order valence-corrected chi connectivity index (χ3v) is 6.87. The van der Waals surface area contributed by atoms with Crippen molar-refractivity contribution in [3.05, 3.63) is 46.2 Å². The van der Waals surface area contributed by atoms with Crippen LogP contribution in [-0.4, -0.2) is 39.1 Å². The van der Waals surface area contributed by atoms with Gasteiger partial charge >= 0.3 is 5.97 Å². The monoisotopic (exact) mass is 371 g/mol. The summed E-state index contributed by atoms with van der Waals surface area (Å²) < 4.78 is 31.2. The molecule has 0 saturated carbocycles. The maximum atomic E-state index is 12.7. The molecule has 5 nitrogen and oxygen atoms in total. The van der Waals surface area contributed by atoms with Gasteiger partial charge in [0.1, 0.15) is 9.77 Å². The van der Waals surface area contributed by atoms with Gasteiger partial charge in [-0.15, -0.1) is 23.1 Å². The summed E-state index contributed by atoms with van der Waals surface area (Å²) in [6.07, 6.45) is 1.98. The molecule has 0 atom stereocenters. The molecule has 0 aliphatic carbocycles. The SMILES string of the molecule is COC(=O)c1sccc1S(=O)(=O)N(C)Cc1ccc(SC)cc1. The Balaban J connectivity index is 2.25. The zero-order valence-electron chi connectivity index (χ0n) is 13.0. The van der Waals surface area contributed by atoms with Gasteiger partial charge in [0.2, 0.25) is 10.0 Å². The van der Waals surface area contributed by atoms with Crippen molar-refractivity contribution in [3.8, 4) is 0 Å². The highest BCUT2D eigenvalue weighted by Gasteiger charge is 2.28. The molecule has 0 saturated heterocycles. The van der Waals surface area contributed by atoms with Crippen LogP contribution in [-0.2, 0) is 21.3 Å². The van der Waals surface area contributed by atoms with Crippen LogP contribution < -0.4 is 0 Å². The van der Waals surface area contributed by atoms with Gasteiger partial charge in [-0.25, -0.2) is 13.2 Å². The molecule has 23 heavy (non-hydrogen) atoms. The van der Waals surface area contributed by atoms with E-state index in [2.05, 4.69) is 4.74 Å². The van der Waals surface area contributed by atoms with Gasteiger partial charge in [0, 0.05) is 18.5 Å². The van der Waals surface area contributed by atoms with E-state index in [9.17, 15) is 13.2 Å². The predicted molar refractivity (Wildman–Crippen MR) is 92.5 cm³/mol. The van der Waals surface area contributed by atoms with Crippen LogP contribution in [0.15, 0.2) is 45.5 Å². The molecule has 0 bridgehead atoms. The van der Waals surface area contributed by atoms with Gasteiger partial charge in [-0.2, -0.15) is 4.31 Å². The van der Waals surface area contributed by atoms with Crippen LogP contribution in [0, 0.1) is 0 Å². The van der Waals surface area contributed by atoms with E-state index >= 15 is 0 Å². The quantitative estimate of drug-likeness (QED) is 0.577. The third-order valence-electron chi connectivity index (χ3n) is 3.25. The Kier molecular flexibility index (Phi) is 5.85. The van der Waals surface area contributed by atoms with E-state index in [1.807, 2.05) is 30.5 Å². The van der Waals surface area contributed by atoms with E-state index in [-0.39, 0.29) is 16.3 Å². The van der Waals surface area contributed by atoms with Crippen LogP contribution in [0.5, 0.6) is 0 Å². The fourth-order valence-electron chi connectivity index (χ4n) is 1.98. The number of nitrogens with zero attached hydrogens (tertiary/aromatic N) is 1. The molecule has 0 unspecified atom stereocenters. The Labute approximate surface area is 144 Å². The number of carbonyl (C=O) groups is 1. The average Bonchev–Trinajstić information content (AvgIpc) is 3.05. The molecule has 1 aromatic heterocycles. The minimum atomic E-state index is -3.76. The molecule has 0 aliphatic rings. The number of ether oxygens (including phenoxy) is 1. The molecular weight excluding hydrogens is 354 g/mol. The number of benzene rings is 1. The predicted octanol–water partition coefficient (Wildman–Crippen LogP) is 3.08. The first-order valence-electron chi connectivity index (χ1n) is 6.65. The second-order valence-corrected chi connectivity index (χ2v) is 8.52. The number of thiophene rings is 1. The van der Waals surface area contributed by atoms with Crippen molar-refractivity contribution in [3.63, 3.8) is 0 Å². The van der Waals surface area contributed by atoms with Crippen LogP contribution in [0.1, 0.15) is 15.2 Å². The molecule has 0 radical (unpaired) electrons. The fourth-order valence-corrected chi connectivity index (χ4v) is 4.85. The third kappa shape index (κ3) is 3.95. The zero-order valence-corrected chi connectivity index (χ0v) is 15.4. The van der Waals surface area contributed by atoms with Crippen LogP contribution in [0.25, 0.3) is 0 Å². The van der Waals surface area contributed by atoms with Gasteiger partial charge in [-0.05, 0) is 35.4 Å². The highest BCUT2D eigenvalue weighted by atomic mass is 32.2. The van der Waals surface area contributed by atoms with Crippen LogP contribution in [0.4, 0.5) is 0 Å². The van der Waals surface area contributed by atoms with Gasteiger partial charge in [0.05, 0.1) is 7.11 Å². The fraction of sp³-hybridized carbons (Fsp3) is 0.267. The number of carbonyl (C=O) groups excluding carboxylic acids is 1. The average molecular weight is 372 g/mol. The maximum Gasteiger partial charge on any atom is 0.349 e. The Morgan fingerprint density at radius 2 is 1.91 bits per heavy atom. The largest absolute Gasteiger partial charge is 0.465 e. The summed E-state index contributed by atoms with van der Waals surface area (Å²) in [7, 11) is -1.03. The number of methoxy groups -OCH3 is 1. The first-order chi connectivity index (χ1) is 10.9. The normalized spacial score (nSPS) is 11.7.